The minimum atomic E-state index is -0.988. The first-order chi connectivity index (χ1) is 5.68. The number of hydrogen-bond donors (Lipinski definition) is 2. The summed E-state index contributed by atoms with van der Waals surface area (Å²) in [5, 5.41) is 8.31. The minimum absolute atomic E-state index is 0.516. The van der Waals surface area contributed by atoms with E-state index < -0.39 is 5.97 Å². The Hall–Kier alpha value is -1.84. The van der Waals surface area contributed by atoms with Crippen LogP contribution in [-0.2, 0) is 4.79 Å². The monoisotopic (exact) mass is 164 g/mol. The first kappa shape index (κ1) is 8.26. The van der Waals surface area contributed by atoms with Crippen LogP contribution in [0.15, 0.2) is 24.5 Å². The molecule has 0 aliphatic heterocycles. The maximum atomic E-state index is 10.1. The van der Waals surface area contributed by atoms with E-state index in [0.717, 1.165) is 6.08 Å². The SMILES string of the molecule is Nc1cncc(/C=C/C(=O)O)c1. The van der Waals surface area contributed by atoms with E-state index in [2.05, 4.69) is 4.98 Å². The Bertz CT molecular complexity index is 321. The minimum Gasteiger partial charge on any atom is -0.478 e. The van der Waals surface area contributed by atoms with Gasteiger partial charge in [-0.2, -0.15) is 0 Å². The summed E-state index contributed by atoms with van der Waals surface area (Å²) in [6.07, 6.45) is 5.51. The van der Waals surface area contributed by atoms with E-state index in [4.69, 9.17) is 10.8 Å². The normalized spacial score (nSPS) is 10.3. The van der Waals surface area contributed by atoms with Crippen LogP contribution in [0, 0.1) is 0 Å². The van der Waals surface area contributed by atoms with Gasteiger partial charge in [-0.25, -0.2) is 4.79 Å². The quantitative estimate of drug-likeness (QED) is 0.633. The number of aliphatic carboxylic acids is 1. The summed E-state index contributed by atoms with van der Waals surface area (Å²) in [4.78, 5) is 13.9. The van der Waals surface area contributed by atoms with Gasteiger partial charge in [0.05, 0.1) is 5.69 Å². The number of anilines is 1. The molecule has 62 valence electrons. The molecule has 0 spiro atoms. The van der Waals surface area contributed by atoms with Gasteiger partial charge >= 0.3 is 5.97 Å². The molecule has 1 heterocycles. The van der Waals surface area contributed by atoms with Crippen LogP contribution in [0.5, 0.6) is 0 Å². The van der Waals surface area contributed by atoms with Crippen molar-refractivity contribution in [1.82, 2.24) is 4.98 Å². The predicted octanol–water partition coefficient (Wildman–Crippen LogP) is 0.762. The molecule has 4 heteroatoms. The molecular weight excluding hydrogens is 156 g/mol. The van der Waals surface area contributed by atoms with Gasteiger partial charge in [0.1, 0.15) is 0 Å². The van der Waals surface area contributed by atoms with E-state index >= 15 is 0 Å². The largest absolute Gasteiger partial charge is 0.478 e. The molecule has 0 bridgehead atoms. The molecule has 3 N–H and O–H groups in total. The number of nitrogens with two attached hydrogens (primary N) is 1. The first-order valence-corrected chi connectivity index (χ1v) is 3.30. The van der Waals surface area contributed by atoms with Crippen LogP contribution in [-0.4, -0.2) is 16.1 Å². The van der Waals surface area contributed by atoms with Gasteiger partial charge in [-0.3, -0.25) is 4.98 Å². The van der Waals surface area contributed by atoms with Crippen molar-refractivity contribution in [2.75, 3.05) is 5.73 Å². The van der Waals surface area contributed by atoms with Crippen molar-refractivity contribution in [1.29, 1.82) is 0 Å². The third-order valence-corrected chi connectivity index (χ3v) is 1.20. The van der Waals surface area contributed by atoms with Crippen molar-refractivity contribution in [3.8, 4) is 0 Å². The topological polar surface area (TPSA) is 76.2 Å². The van der Waals surface area contributed by atoms with E-state index in [1.807, 2.05) is 0 Å². The number of hydrogen-bond acceptors (Lipinski definition) is 3. The Balaban J connectivity index is 2.83. The fourth-order valence-corrected chi connectivity index (χ4v) is 0.735. The van der Waals surface area contributed by atoms with Gasteiger partial charge < -0.3 is 10.8 Å². The fraction of sp³-hybridized carbons (Fsp3) is 0. The molecule has 0 fully saturated rings. The molecule has 0 radical (unpaired) electrons. The number of nitrogens with zero attached hydrogens (tertiary/aromatic N) is 1. The van der Waals surface area contributed by atoms with E-state index in [9.17, 15) is 4.79 Å². The third-order valence-electron chi connectivity index (χ3n) is 1.20. The smallest absolute Gasteiger partial charge is 0.328 e. The summed E-state index contributed by atoms with van der Waals surface area (Å²) in [6.45, 7) is 0. The second-order valence-electron chi connectivity index (χ2n) is 2.22. The molecule has 0 aliphatic carbocycles. The lowest BCUT2D eigenvalue weighted by Crippen LogP contribution is -1.88. The molecule has 0 atom stereocenters. The number of pyridine rings is 1. The number of carboxylic acid groups (broad SMARTS) is 1. The van der Waals surface area contributed by atoms with Crippen LogP contribution >= 0.6 is 0 Å². The predicted molar refractivity (Wildman–Crippen MR) is 45.3 cm³/mol. The van der Waals surface area contributed by atoms with Crippen molar-refractivity contribution in [3.63, 3.8) is 0 Å². The van der Waals surface area contributed by atoms with Crippen molar-refractivity contribution in [2.24, 2.45) is 0 Å². The molecule has 4 nitrogen and oxygen atoms in total. The zero-order valence-corrected chi connectivity index (χ0v) is 6.27. The van der Waals surface area contributed by atoms with Crippen LogP contribution in [0.1, 0.15) is 5.56 Å². The average molecular weight is 164 g/mol. The van der Waals surface area contributed by atoms with Crippen LogP contribution in [0.4, 0.5) is 5.69 Å². The van der Waals surface area contributed by atoms with Gasteiger partial charge in [-0.05, 0) is 17.7 Å². The molecule has 1 rings (SSSR count). The summed E-state index contributed by atoms with van der Waals surface area (Å²) in [6, 6.07) is 1.65. The molecule has 0 aliphatic rings. The Morgan fingerprint density at radius 2 is 2.33 bits per heavy atom. The highest BCUT2D eigenvalue weighted by Gasteiger charge is 1.90. The van der Waals surface area contributed by atoms with E-state index in [-0.39, 0.29) is 0 Å². The zero-order chi connectivity index (χ0) is 8.97. The number of carboxylic acids is 1. The maximum absolute atomic E-state index is 10.1. The molecule has 1 aromatic heterocycles. The van der Waals surface area contributed by atoms with Gasteiger partial charge in [0, 0.05) is 18.5 Å². The van der Waals surface area contributed by atoms with Crippen molar-refractivity contribution in [3.05, 3.63) is 30.1 Å². The number of nitrogen functional groups attached to an aromatic ring is 1. The molecule has 1 aromatic rings. The Morgan fingerprint density at radius 3 is 2.92 bits per heavy atom. The van der Waals surface area contributed by atoms with E-state index in [0.29, 0.717) is 11.3 Å². The highest BCUT2D eigenvalue weighted by atomic mass is 16.4. The van der Waals surface area contributed by atoms with Crippen LogP contribution < -0.4 is 5.73 Å². The second-order valence-corrected chi connectivity index (χ2v) is 2.22. The highest BCUT2D eigenvalue weighted by molar-refractivity contribution is 5.85. The lowest BCUT2D eigenvalue weighted by molar-refractivity contribution is -0.131. The van der Waals surface area contributed by atoms with Gasteiger partial charge in [-0.1, -0.05) is 0 Å². The first-order valence-electron chi connectivity index (χ1n) is 3.30. The van der Waals surface area contributed by atoms with Crippen LogP contribution in [0.2, 0.25) is 0 Å². The summed E-state index contributed by atoms with van der Waals surface area (Å²) in [7, 11) is 0. The van der Waals surface area contributed by atoms with Gasteiger partial charge in [0.2, 0.25) is 0 Å². The number of carbonyl (C=O) groups is 1. The van der Waals surface area contributed by atoms with Crippen molar-refractivity contribution >= 4 is 17.7 Å². The van der Waals surface area contributed by atoms with Gasteiger partial charge in [0.25, 0.3) is 0 Å². The molecular formula is C8H8N2O2. The number of rotatable bonds is 2. The molecule has 0 unspecified atom stereocenters. The molecule has 12 heavy (non-hydrogen) atoms. The van der Waals surface area contributed by atoms with Gasteiger partial charge in [-0.15, -0.1) is 0 Å². The summed E-state index contributed by atoms with van der Waals surface area (Å²) in [5.74, 6) is -0.988. The lowest BCUT2D eigenvalue weighted by Gasteiger charge is -1.92. The average Bonchev–Trinajstić information content (AvgIpc) is 2.01. The van der Waals surface area contributed by atoms with E-state index in [1.54, 1.807) is 6.07 Å². The van der Waals surface area contributed by atoms with E-state index in [1.165, 1.54) is 18.5 Å². The lowest BCUT2D eigenvalue weighted by atomic mass is 10.2. The molecule has 0 aromatic carbocycles. The van der Waals surface area contributed by atoms with Crippen molar-refractivity contribution in [2.45, 2.75) is 0 Å². The maximum Gasteiger partial charge on any atom is 0.328 e. The molecule has 0 amide bonds. The second kappa shape index (κ2) is 3.52. The Morgan fingerprint density at radius 1 is 1.58 bits per heavy atom. The van der Waals surface area contributed by atoms with Crippen LogP contribution in [0.3, 0.4) is 0 Å². The number of aromatic nitrogens is 1. The summed E-state index contributed by atoms with van der Waals surface area (Å²) >= 11 is 0. The summed E-state index contributed by atoms with van der Waals surface area (Å²) < 4.78 is 0. The zero-order valence-electron chi connectivity index (χ0n) is 6.27. The Labute approximate surface area is 69.4 Å². The fourth-order valence-electron chi connectivity index (χ4n) is 0.735. The van der Waals surface area contributed by atoms with Gasteiger partial charge in [0.15, 0.2) is 0 Å². The Kier molecular flexibility index (Phi) is 2.42. The molecule has 0 saturated carbocycles. The highest BCUT2D eigenvalue weighted by Crippen LogP contribution is 2.05. The molecule has 0 saturated heterocycles. The third kappa shape index (κ3) is 2.42. The van der Waals surface area contributed by atoms with Crippen molar-refractivity contribution < 1.29 is 9.90 Å². The summed E-state index contributed by atoms with van der Waals surface area (Å²) in [5.41, 5.74) is 6.62. The van der Waals surface area contributed by atoms with Crippen LogP contribution in [0.25, 0.3) is 6.08 Å². The standard InChI is InChI=1S/C8H8N2O2/c9-7-3-6(4-10-5-7)1-2-8(11)12/h1-5H,9H2,(H,11,12)/b2-1+.